The van der Waals surface area contributed by atoms with Crippen molar-refractivity contribution in [2.24, 2.45) is 7.05 Å². The number of fused-ring (bicyclic) bond motifs is 2. The number of carbonyl (C=O) groups is 2. The van der Waals surface area contributed by atoms with Gasteiger partial charge in [0.05, 0.1) is 0 Å². The molecule has 0 bridgehead atoms. The van der Waals surface area contributed by atoms with E-state index in [1.165, 1.54) is 0 Å². The van der Waals surface area contributed by atoms with Crippen molar-refractivity contribution in [1.82, 2.24) is 4.57 Å². The molecule has 1 heterocycles. The van der Waals surface area contributed by atoms with Crippen LogP contribution in [0.4, 0.5) is 0 Å². The van der Waals surface area contributed by atoms with Gasteiger partial charge in [-0.25, -0.2) is 0 Å². The second kappa shape index (κ2) is 4.16. The second-order valence-corrected chi connectivity index (χ2v) is 5.42. The van der Waals surface area contributed by atoms with E-state index in [1.54, 1.807) is 24.3 Å². The fourth-order valence-electron chi connectivity index (χ4n) is 3.23. The standard InChI is InChI=1S/C18H13NO2/c1-19-10-14(11-6-4-5-9-15(11)19)16-17(20)12-7-2-3-8-13(12)18(16)21/h2-10,16H,1H3. The third kappa shape index (κ3) is 1.54. The van der Waals surface area contributed by atoms with E-state index < -0.39 is 5.92 Å². The minimum atomic E-state index is -0.700. The van der Waals surface area contributed by atoms with Gasteiger partial charge in [-0.05, 0) is 11.6 Å². The highest BCUT2D eigenvalue weighted by Crippen LogP contribution is 2.37. The Kier molecular flexibility index (Phi) is 2.39. The van der Waals surface area contributed by atoms with Gasteiger partial charge in [-0.15, -0.1) is 0 Å². The van der Waals surface area contributed by atoms with E-state index in [0.717, 1.165) is 16.5 Å². The molecule has 0 aliphatic heterocycles. The molecular weight excluding hydrogens is 262 g/mol. The van der Waals surface area contributed by atoms with Crippen LogP contribution in [0.3, 0.4) is 0 Å². The molecule has 0 fully saturated rings. The van der Waals surface area contributed by atoms with E-state index >= 15 is 0 Å². The Balaban J connectivity index is 1.95. The quantitative estimate of drug-likeness (QED) is 0.639. The summed E-state index contributed by atoms with van der Waals surface area (Å²) in [7, 11) is 1.93. The Morgan fingerprint density at radius 2 is 1.43 bits per heavy atom. The fraction of sp³-hybridized carbons (Fsp3) is 0.111. The molecule has 3 heteroatoms. The minimum Gasteiger partial charge on any atom is -0.350 e. The Hall–Kier alpha value is -2.68. The highest BCUT2D eigenvalue weighted by Gasteiger charge is 2.40. The predicted octanol–water partition coefficient (Wildman–Crippen LogP) is 3.34. The number of aromatic nitrogens is 1. The van der Waals surface area contributed by atoms with E-state index in [-0.39, 0.29) is 11.6 Å². The molecule has 3 aromatic rings. The lowest BCUT2D eigenvalue weighted by Gasteiger charge is -2.05. The van der Waals surface area contributed by atoms with Crippen molar-refractivity contribution in [1.29, 1.82) is 0 Å². The summed E-state index contributed by atoms with van der Waals surface area (Å²) in [5.41, 5.74) is 2.92. The summed E-state index contributed by atoms with van der Waals surface area (Å²) in [4.78, 5) is 25.3. The molecule has 0 saturated carbocycles. The van der Waals surface area contributed by atoms with Gasteiger partial charge >= 0.3 is 0 Å². The summed E-state index contributed by atoms with van der Waals surface area (Å²) in [5.74, 6) is -0.882. The van der Waals surface area contributed by atoms with Crippen LogP contribution in [0.2, 0.25) is 0 Å². The normalized spacial score (nSPS) is 14.9. The van der Waals surface area contributed by atoms with Crippen LogP contribution in [0, 0.1) is 0 Å². The SMILES string of the molecule is Cn1cc(C2C(=O)c3ccccc3C2=O)c2ccccc21. The molecule has 3 nitrogen and oxygen atoms in total. The maximum absolute atomic E-state index is 12.6. The van der Waals surface area contributed by atoms with Crippen LogP contribution in [-0.4, -0.2) is 16.1 Å². The van der Waals surface area contributed by atoms with Crippen molar-refractivity contribution in [3.63, 3.8) is 0 Å². The zero-order chi connectivity index (χ0) is 14.6. The van der Waals surface area contributed by atoms with Crippen molar-refractivity contribution in [2.75, 3.05) is 0 Å². The summed E-state index contributed by atoms with van der Waals surface area (Å²) < 4.78 is 1.97. The monoisotopic (exact) mass is 275 g/mol. The van der Waals surface area contributed by atoms with Gasteiger partial charge in [-0.3, -0.25) is 9.59 Å². The summed E-state index contributed by atoms with van der Waals surface area (Å²) >= 11 is 0. The van der Waals surface area contributed by atoms with Crippen LogP contribution in [0.1, 0.15) is 32.2 Å². The Bertz CT molecular complexity index is 869. The van der Waals surface area contributed by atoms with Crippen molar-refractivity contribution in [3.05, 3.63) is 71.4 Å². The molecule has 0 unspecified atom stereocenters. The van der Waals surface area contributed by atoms with Crippen LogP contribution in [0.15, 0.2) is 54.7 Å². The van der Waals surface area contributed by atoms with Gasteiger partial charge < -0.3 is 4.57 Å². The van der Waals surface area contributed by atoms with Gasteiger partial charge in [0.1, 0.15) is 5.92 Å². The van der Waals surface area contributed by atoms with Crippen LogP contribution in [0.25, 0.3) is 10.9 Å². The molecule has 1 aliphatic rings. The molecule has 0 amide bonds. The molecule has 0 radical (unpaired) electrons. The van der Waals surface area contributed by atoms with Gasteiger partial charge in [0.15, 0.2) is 11.6 Å². The van der Waals surface area contributed by atoms with Crippen LogP contribution in [0.5, 0.6) is 0 Å². The van der Waals surface area contributed by atoms with Crippen LogP contribution < -0.4 is 0 Å². The zero-order valence-corrected chi connectivity index (χ0v) is 11.5. The maximum Gasteiger partial charge on any atom is 0.178 e. The number of rotatable bonds is 1. The molecule has 0 atom stereocenters. The molecule has 0 spiro atoms. The van der Waals surface area contributed by atoms with E-state index in [9.17, 15) is 9.59 Å². The Morgan fingerprint density at radius 1 is 0.857 bits per heavy atom. The number of Topliss-reactive ketones (excluding diaryl/α,β-unsaturated/α-hetero) is 2. The van der Waals surface area contributed by atoms with Crippen LogP contribution in [-0.2, 0) is 7.05 Å². The van der Waals surface area contributed by atoms with E-state index in [1.807, 2.05) is 42.1 Å². The number of hydrogen-bond acceptors (Lipinski definition) is 2. The largest absolute Gasteiger partial charge is 0.350 e. The number of aryl methyl sites for hydroxylation is 1. The zero-order valence-electron chi connectivity index (χ0n) is 11.5. The first kappa shape index (κ1) is 12.1. The van der Waals surface area contributed by atoms with Gasteiger partial charge in [0.25, 0.3) is 0 Å². The number of benzene rings is 2. The molecule has 0 N–H and O–H groups in total. The van der Waals surface area contributed by atoms with Crippen molar-refractivity contribution >= 4 is 22.5 Å². The third-order valence-corrected chi connectivity index (χ3v) is 4.22. The first-order chi connectivity index (χ1) is 10.2. The van der Waals surface area contributed by atoms with Crippen molar-refractivity contribution < 1.29 is 9.59 Å². The van der Waals surface area contributed by atoms with E-state index in [2.05, 4.69) is 0 Å². The molecule has 102 valence electrons. The van der Waals surface area contributed by atoms with E-state index in [0.29, 0.717) is 11.1 Å². The highest BCUT2D eigenvalue weighted by molar-refractivity contribution is 6.30. The lowest BCUT2D eigenvalue weighted by atomic mass is 9.94. The first-order valence-corrected chi connectivity index (χ1v) is 6.90. The van der Waals surface area contributed by atoms with Gasteiger partial charge in [0, 0.05) is 35.3 Å². The third-order valence-electron chi connectivity index (χ3n) is 4.22. The molecule has 4 rings (SSSR count). The van der Waals surface area contributed by atoms with Gasteiger partial charge in [-0.2, -0.15) is 0 Å². The number of hydrogen-bond donors (Lipinski definition) is 0. The number of nitrogens with zero attached hydrogens (tertiary/aromatic N) is 1. The Labute approximate surface area is 121 Å². The first-order valence-electron chi connectivity index (χ1n) is 6.90. The molecule has 1 aromatic heterocycles. The highest BCUT2D eigenvalue weighted by atomic mass is 16.2. The summed E-state index contributed by atoms with van der Waals surface area (Å²) in [5, 5.41) is 0.972. The van der Waals surface area contributed by atoms with Gasteiger partial charge in [-0.1, -0.05) is 42.5 Å². The number of ketones is 2. The minimum absolute atomic E-state index is 0.0908. The molecule has 21 heavy (non-hydrogen) atoms. The summed E-state index contributed by atoms with van der Waals surface area (Å²) in [6, 6.07) is 14.9. The van der Waals surface area contributed by atoms with Gasteiger partial charge in [0.2, 0.25) is 0 Å². The smallest absolute Gasteiger partial charge is 0.178 e. The van der Waals surface area contributed by atoms with Crippen molar-refractivity contribution in [2.45, 2.75) is 5.92 Å². The Morgan fingerprint density at radius 3 is 2.10 bits per heavy atom. The van der Waals surface area contributed by atoms with Crippen LogP contribution >= 0.6 is 0 Å². The summed E-state index contributed by atoms with van der Waals surface area (Å²) in [6.07, 6.45) is 1.90. The van der Waals surface area contributed by atoms with E-state index in [4.69, 9.17) is 0 Å². The molecule has 2 aromatic carbocycles. The van der Waals surface area contributed by atoms with Crippen molar-refractivity contribution in [3.8, 4) is 0 Å². The lowest BCUT2D eigenvalue weighted by molar-refractivity contribution is 0.0891. The second-order valence-electron chi connectivity index (χ2n) is 5.42. The average Bonchev–Trinajstić information content (AvgIpc) is 2.96. The number of para-hydroxylation sites is 1. The lowest BCUT2D eigenvalue weighted by Crippen LogP contribution is -2.12. The molecule has 1 aliphatic carbocycles. The molecule has 0 saturated heterocycles. The average molecular weight is 275 g/mol. The molecular formula is C18H13NO2. The topological polar surface area (TPSA) is 39.1 Å². The number of carbonyl (C=O) groups excluding carboxylic acids is 2. The fourth-order valence-corrected chi connectivity index (χ4v) is 3.23. The maximum atomic E-state index is 12.6. The predicted molar refractivity (Wildman–Crippen MR) is 80.8 cm³/mol. The summed E-state index contributed by atoms with van der Waals surface area (Å²) in [6.45, 7) is 0.